The van der Waals surface area contributed by atoms with Crippen LogP contribution in [0.3, 0.4) is 0 Å². The van der Waals surface area contributed by atoms with E-state index in [-0.39, 0.29) is 23.8 Å². The van der Waals surface area contributed by atoms with Gasteiger partial charge >= 0.3 is 0 Å². The summed E-state index contributed by atoms with van der Waals surface area (Å²) in [5.41, 5.74) is 0.987. The topological polar surface area (TPSA) is 62.6 Å². The smallest absolute Gasteiger partial charge is 0.225 e. The van der Waals surface area contributed by atoms with Crippen molar-refractivity contribution in [1.82, 2.24) is 10.2 Å². The molecule has 0 aliphatic carbocycles. The van der Waals surface area contributed by atoms with E-state index >= 15 is 0 Å². The van der Waals surface area contributed by atoms with Crippen molar-refractivity contribution in [3.63, 3.8) is 0 Å². The van der Waals surface area contributed by atoms with Crippen LogP contribution in [0.1, 0.15) is 30.2 Å². The lowest BCUT2D eigenvalue weighted by Crippen LogP contribution is -2.46. The maximum Gasteiger partial charge on any atom is 0.225 e. The standard InChI is InChI=1S/C18H20N2O3/c1-20-16(21)10-9-15(17(20)13-6-3-2-4-7-13)18(22)19-12-14-8-5-11-23-14/h2-8,11,15,17H,9-10,12H2,1H3,(H,19,22). The Hall–Kier alpha value is -2.56. The fourth-order valence-electron chi connectivity index (χ4n) is 3.14. The Bertz CT molecular complexity index is 667. The number of rotatable bonds is 4. The van der Waals surface area contributed by atoms with Gasteiger partial charge in [-0.3, -0.25) is 9.59 Å². The third kappa shape index (κ3) is 3.28. The number of hydrogen-bond acceptors (Lipinski definition) is 3. The van der Waals surface area contributed by atoms with Gasteiger partial charge < -0.3 is 14.6 Å². The molecule has 1 N–H and O–H groups in total. The molecular formula is C18H20N2O3. The summed E-state index contributed by atoms with van der Waals surface area (Å²) in [5.74, 6) is 0.494. The first-order chi connectivity index (χ1) is 11.2. The molecule has 2 heterocycles. The number of piperidine rings is 1. The normalized spacial score (nSPS) is 21.3. The van der Waals surface area contributed by atoms with Gasteiger partial charge in [0.25, 0.3) is 0 Å². The van der Waals surface area contributed by atoms with Gasteiger partial charge in [-0.1, -0.05) is 30.3 Å². The third-order valence-electron chi connectivity index (χ3n) is 4.36. The monoisotopic (exact) mass is 312 g/mol. The molecule has 1 aromatic carbocycles. The number of carbonyl (C=O) groups is 2. The maximum atomic E-state index is 12.6. The van der Waals surface area contributed by atoms with Crippen LogP contribution in [-0.2, 0) is 16.1 Å². The average molecular weight is 312 g/mol. The fraction of sp³-hybridized carbons (Fsp3) is 0.333. The summed E-state index contributed by atoms with van der Waals surface area (Å²) >= 11 is 0. The van der Waals surface area contributed by atoms with Gasteiger partial charge in [0, 0.05) is 13.5 Å². The Morgan fingerprint density at radius 3 is 2.74 bits per heavy atom. The summed E-state index contributed by atoms with van der Waals surface area (Å²) in [6.45, 7) is 0.363. The molecule has 1 saturated heterocycles. The van der Waals surface area contributed by atoms with E-state index in [1.165, 1.54) is 0 Å². The molecule has 0 bridgehead atoms. The number of nitrogens with one attached hydrogen (secondary N) is 1. The number of likely N-dealkylation sites (tertiary alicyclic amines) is 1. The van der Waals surface area contributed by atoms with Crippen molar-refractivity contribution in [2.45, 2.75) is 25.4 Å². The zero-order valence-corrected chi connectivity index (χ0v) is 13.1. The van der Waals surface area contributed by atoms with Gasteiger partial charge in [-0.25, -0.2) is 0 Å². The Kier molecular flexibility index (Phi) is 4.46. The lowest BCUT2D eigenvalue weighted by Gasteiger charge is -2.38. The Morgan fingerprint density at radius 2 is 2.04 bits per heavy atom. The molecule has 2 atom stereocenters. The van der Waals surface area contributed by atoms with Crippen LogP contribution < -0.4 is 5.32 Å². The summed E-state index contributed by atoms with van der Waals surface area (Å²) in [4.78, 5) is 26.4. The molecule has 5 heteroatoms. The van der Waals surface area contributed by atoms with E-state index in [1.807, 2.05) is 36.4 Å². The Morgan fingerprint density at radius 1 is 1.26 bits per heavy atom. The number of nitrogens with zero attached hydrogens (tertiary/aromatic N) is 1. The van der Waals surface area contributed by atoms with Crippen molar-refractivity contribution < 1.29 is 14.0 Å². The van der Waals surface area contributed by atoms with Gasteiger partial charge in [0.05, 0.1) is 24.8 Å². The highest BCUT2D eigenvalue weighted by molar-refractivity contribution is 5.84. The quantitative estimate of drug-likeness (QED) is 0.943. The van der Waals surface area contributed by atoms with E-state index in [9.17, 15) is 9.59 Å². The molecule has 1 aliphatic rings. The zero-order chi connectivity index (χ0) is 16.2. The van der Waals surface area contributed by atoms with E-state index < -0.39 is 0 Å². The molecule has 1 fully saturated rings. The summed E-state index contributed by atoms with van der Waals surface area (Å²) < 4.78 is 5.24. The lowest BCUT2D eigenvalue weighted by molar-refractivity contribution is -0.141. The molecule has 2 aromatic rings. The highest BCUT2D eigenvalue weighted by Crippen LogP contribution is 2.35. The molecule has 5 nitrogen and oxygen atoms in total. The van der Waals surface area contributed by atoms with E-state index in [1.54, 1.807) is 24.3 Å². The molecule has 3 rings (SSSR count). The molecule has 0 radical (unpaired) electrons. The van der Waals surface area contributed by atoms with E-state index in [0.29, 0.717) is 19.4 Å². The van der Waals surface area contributed by atoms with Gasteiger partial charge in [-0.2, -0.15) is 0 Å². The summed E-state index contributed by atoms with van der Waals surface area (Å²) in [5, 5.41) is 2.92. The number of amides is 2. The van der Waals surface area contributed by atoms with Crippen molar-refractivity contribution in [3.05, 3.63) is 60.1 Å². The van der Waals surface area contributed by atoms with Crippen LogP contribution in [0.25, 0.3) is 0 Å². The van der Waals surface area contributed by atoms with Crippen LogP contribution in [0.4, 0.5) is 0 Å². The van der Waals surface area contributed by atoms with Gasteiger partial charge in [0.15, 0.2) is 0 Å². The van der Waals surface area contributed by atoms with Crippen LogP contribution in [0.2, 0.25) is 0 Å². The van der Waals surface area contributed by atoms with E-state index in [2.05, 4.69) is 5.32 Å². The second-order valence-corrected chi connectivity index (χ2v) is 5.80. The number of carbonyl (C=O) groups excluding carboxylic acids is 2. The molecule has 0 spiro atoms. The van der Waals surface area contributed by atoms with Crippen LogP contribution in [-0.4, -0.2) is 23.8 Å². The first-order valence-corrected chi connectivity index (χ1v) is 7.77. The lowest BCUT2D eigenvalue weighted by atomic mass is 9.84. The minimum absolute atomic E-state index is 0.0467. The van der Waals surface area contributed by atoms with Gasteiger partial charge in [0.2, 0.25) is 11.8 Å². The fourth-order valence-corrected chi connectivity index (χ4v) is 3.14. The highest BCUT2D eigenvalue weighted by Gasteiger charge is 2.38. The van der Waals surface area contributed by atoms with Crippen molar-refractivity contribution in [3.8, 4) is 0 Å². The van der Waals surface area contributed by atoms with Crippen LogP contribution in [0, 0.1) is 5.92 Å². The van der Waals surface area contributed by atoms with Crippen molar-refractivity contribution >= 4 is 11.8 Å². The Labute approximate surface area is 135 Å². The largest absolute Gasteiger partial charge is 0.467 e. The molecule has 0 saturated carbocycles. The SMILES string of the molecule is CN1C(=O)CCC(C(=O)NCc2ccco2)C1c1ccccc1. The zero-order valence-electron chi connectivity index (χ0n) is 13.1. The molecular weight excluding hydrogens is 292 g/mol. The average Bonchev–Trinajstić information content (AvgIpc) is 3.09. The summed E-state index contributed by atoms with van der Waals surface area (Å²) in [6, 6.07) is 13.1. The molecule has 1 aliphatic heterocycles. The van der Waals surface area contributed by atoms with Crippen molar-refractivity contribution in [2.75, 3.05) is 7.05 Å². The van der Waals surface area contributed by atoms with Gasteiger partial charge in [-0.15, -0.1) is 0 Å². The van der Waals surface area contributed by atoms with Crippen molar-refractivity contribution in [2.24, 2.45) is 5.92 Å². The van der Waals surface area contributed by atoms with E-state index in [0.717, 1.165) is 11.3 Å². The third-order valence-corrected chi connectivity index (χ3v) is 4.36. The highest BCUT2D eigenvalue weighted by atomic mass is 16.3. The number of hydrogen-bond donors (Lipinski definition) is 1. The number of furan rings is 1. The molecule has 2 amide bonds. The minimum atomic E-state index is -0.255. The van der Waals surface area contributed by atoms with Crippen molar-refractivity contribution in [1.29, 1.82) is 0 Å². The first kappa shape index (κ1) is 15.3. The summed E-state index contributed by atoms with van der Waals surface area (Å²) in [6.07, 6.45) is 2.55. The number of benzene rings is 1. The maximum absolute atomic E-state index is 12.6. The van der Waals surface area contributed by atoms with E-state index in [4.69, 9.17) is 4.42 Å². The van der Waals surface area contributed by atoms with Crippen LogP contribution in [0.15, 0.2) is 53.1 Å². The Balaban J connectivity index is 1.77. The molecule has 120 valence electrons. The first-order valence-electron chi connectivity index (χ1n) is 7.77. The molecule has 1 aromatic heterocycles. The summed E-state index contributed by atoms with van der Waals surface area (Å²) in [7, 11) is 1.77. The predicted molar refractivity (Wildman–Crippen MR) is 85.2 cm³/mol. The second-order valence-electron chi connectivity index (χ2n) is 5.80. The predicted octanol–water partition coefficient (Wildman–Crippen LogP) is 2.51. The van der Waals surface area contributed by atoms with Gasteiger partial charge in [-0.05, 0) is 24.1 Å². The van der Waals surface area contributed by atoms with Gasteiger partial charge in [0.1, 0.15) is 5.76 Å². The van der Waals surface area contributed by atoms with Crippen LogP contribution in [0.5, 0.6) is 0 Å². The van der Waals surface area contributed by atoms with Crippen LogP contribution >= 0.6 is 0 Å². The molecule has 2 unspecified atom stereocenters. The molecule has 23 heavy (non-hydrogen) atoms. The minimum Gasteiger partial charge on any atom is -0.467 e. The second kappa shape index (κ2) is 6.69.